The standard InChI is InChI=1S/C28H30N2O4S/c1-22(2)18-30(35(32,33)27-16-8-13-24-12-6-7-15-26(24)27)21-28(31)29(20-25-14-9-17-34-25)19-23-10-4-3-5-11-23/h3-17,22H,18-21H2,1-2H3. The third kappa shape index (κ3) is 5.99. The maximum Gasteiger partial charge on any atom is 0.244 e. The summed E-state index contributed by atoms with van der Waals surface area (Å²) in [7, 11) is -3.92. The van der Waals surface area contributed by atoms with Crippen LogP contribution in [0.3, 0.4) is 0 Å². The Morgan fingerprint density at radius 2 is 1.57 bits per heavy atom. The number of nitrogens with zero attached hydrogens (tertiary/aromatic N) is 2. The summed E-state index contributed by atoms with van der Waals surface area (Å²) >= 11 is 0. The molecule has 182 valence electrons. The first-order valence-corrected chi connectivity index (χ1v) is 13.1. The molecule has 0 N–H and O–H groups in total. The molecule has 3 aromatic carbocycles. The van der Waals surface area contributed by atoms with Gasteiger partial charge >= 0.3 is 0 Å². The lowest BCUT2D eigenvalue weighted by atomic mass is 10.1. The van der Waals surface area contributed by atoms with Gasteiger partial charge in [-0.25, -0.2) is 8.42 Å². The topological polar surface area (TPSA) is 70.8 Å². The lowest BCUT2D eigenvalue weighted by Gasteiger charge is -2.28. The monoisotopic (exact) mass is 490 g/mol. The normalized spacial score (nSPS) is 11.9. The second-order valence-electron chi connectivity index (χ2n) is 8.98. The highest BCUT2D eigenvalue weighted by molar-refractivity contribution is 7.89. The molecule has 35 heavy (non-hydrogen) atoms. The van der Waals surface area contributed by atoms with Gasteiger partial charge in [0.05, 0.1) is 24.2 Å². The van der Waals surface area contributed by atoms with Crippen LogP contribution < -0.4 is 0 Å². The summed E-state index contributed by atoms with van der Waals surface area (Å²) in [6.45, 7) is 4.48. The van der Waals surface area contributed by atoms with E-state index in [-0.39, 0.29) is 36.4 Å². The molecule has 0 aliphatic rings. The summed E-state index contributed by atoms with van der Waals surface area (Å²) in [5.74, 6) is 0.400. The van der Waals surface area contributed by atoms with Crippen LogP contribution in [0.5, 0.6) is 0 Å². The third-order valence-electron chi connectivity index (χ3n) is 5.74. The van der Waals surface area contributed by atoms with Gasteiger partial charge in [0.2, 0.25) is 15.9 Å². The van der Waals surface area contributed by atoms with Gasteiger partial charge in [-0.2, -0.15) is 4.31 Å². The van der Waals surface area contributed by atoms with Crippen molar-refractivity contribution in [2.75, 3.05) is 13.1 Å². The van der Waals surface area contributed by atoms with Gasteiger partial charge in [-0.05, 0) is 35.1 Å². The minimum Gasteiger partial charge on any atom is -0.467 e. The molecule has 7 heteroatoms. The highest BCUT2D eigenvalue weighted by Gasteiger charge is 2.30. The number of hydrogen-bond donors (Lipinski definition) is 0. The van der Waals surface area contributed by atoms with Crippen LogP contribution in [0, 0.1) is 5.92 Å². The van der Waals surface area contributed by atoms with Gasteiger partial charge in [-0.15, -0.1) is 0 Å². The van der Waals surface area contributed by atoms with Crippen molar-refractivity contribution in [2.45, 2.75) is 31.8 Å². The summed E-state index contributed by atoms with van der Waals surface area (Å²) in [6, 6.07) is 25.9. The predicted molar refractivity (Wildman–Crippen MR) is 137 cm³/mol. The Labute approximate surface area is 206 Å². The fraction of sp³-hybridized carbons (Fsp3) is 0.250. The summed E-state index contributed by atoms with van der Waals surface area (Å²) in [4.78, 5) is 15.4. The molecule has 0 radical (unpaired) electrons. The van der Waals surface area contributed by atoms with Crippen molar-refractivity contribution in [3.8, 4) is 0 Å². The molecular formula is C28H30N2O4S. The minimum absolute atomic E-state index is 0.0419. The van der Waals surface area contributed by atoms with Crippen molar-refractivity contribution in [3.05, 3.63) is 103 Å². The maximum atomic E-state index is 13.9. The van der Waals surface area contributed by atoms with Gasteiger partial charge in [-0.1, -0.05) is 80.6 Å². The maximum absolute atomic E-state index is 13.9. The Hall–Kier alpha value is -3.42. The second kappa shape index (κ2) is 10.9. The zero-order valence-electron chi connectivity index (χ0n) is 20.0. The molecule has 1 aromatic heterocycles. The lowest BCUT2D eigenvalue weighted by molar-refractivity contribution is -0.133. The van der Waals surface area contributed by atoms with Crippen molar-refractivity contribution in [1.82, 2.24) is 9.21 Å². The number of furan rings is 1. The van der Waals surface area contributed by atoms with Crippen molar-refractivity contribution in [2.24, 2.45) is 5.92 Å². The van der Waals surface area contributed by atoms with E-state index in [9.17, 15) is 13.2 Å². The zero-order valence-corrected chi connectivity index (χ0v) is 20.8. The smallest absolute Gasteiger partial charge is 0.244 e. The number of carbonyl (C=O) groups excluding carboxylic acids is 1. The fourth-order valence-electron chi connectivity index (χ4n) is 4.09. The zero-order chi connectivity index (χ0) is 24.8. The molecular weight excluding hydrogens is 460 g/mol. The van der Waals surface area contributed by atoms with Crippen LogP contribution in [0.4, 0.5) is 0 Å². The highest BCUT2D eigenvalue weighted by Crippen LogP contribution is 2.26. The number of rotatable bonds is 10. The van der Waals surface area contributed by atoms with Crippen LogP contribution in [-0.4, -0.2) is 36.6 Å². The quantitative estimate of drug-likeness (QED) is 0.302. The van der Waals surface area contributed by atoms with Crippen LogP contribution in [-0.2, 0) is 27.9 Å². The molecule has 0 saturated heterocycles. The van der Waals surface area contributed by atoms with E-state index in [1.54, 1.807) is 35.4 Å². The molecule has 0 saturated carbocycles. The van der Waals surface area contributed by atoms with Crippen molar-refractivity contribution in [3.63, 3.8) is 0 Å². The largest absolute Gasteiger partial charge is 0.467 e. The molecule has 0 fully saturated rings. The Kier molecular flexibility index (Phi) is 7.68. The first-order valence-electron chi connectivity index (χ1n) is 11.7. The summed E-state index contributed by atoms with van der Waals surface area (Å²) < 4.78 is 34.5. The van der Waals surface area contributed by atoms with E-state index < -0.39 is 10.0 Å². The van der Waals surface area contributed by atoms with E-state index >= 15 is 0 Å². The average molecular weight is 491 g/mol. The molecule has 0 atom stereocenters. The Balaban J connectivity index is 1.65. The van der Waals surface area contributed by atoms with Crippen LogP contribution in [0.1, 0.15) is 25.2 Å². The highest BCUT2D eigenvalue weighted by atomic mass is 32.2. The Morgan fingerprint density at radius 3 is 2.29 bits per heavy atom. The molecule has 0 aliphatic heterocycles. The van der Waals surface area contributed by atoms with E-state index in [2.05, 4.69) is 0 Å². The van der Waals surface area contributed by atoms with Gasteiger partial charge < -0.3 is 9.32 Å². The SMILES string of the molecule is CC(C)CN(CC(=O)N(Cc1ccccc1)Cc1ccco1)S(=O)(=O)c1cccc2ccccc12. The van der Waals surface area contributed by atoms with Gasteiger partial charge in [-0.3, -0.25) is 4.79 Å². The first-order chi connectivity index (χ1) is 16.8. The number of fused-ring (bicyclic) bond motifs is 1. The third-order valence-corrected chi connectivity index (χ3v) is 7.61. The van der Waals surface area contributed by atoms with Gasteiger partial charge in [0.15, 0.2) is 0 Å². The molecule has 0 bridgehead atoms. The number of carbonyl (C=O) groups is 1. The molecule has 6 nitrogen and oxygen atoms in total. The average Bonchev–Trinajstić information content (AvgIpc) is 3.36. The van der Waals surface area contributed by atoms with Crippen LogP contribution in [0.15, 0.2) is 101 Å². The van der Waals surface area contributed by atoms with E-state index in [0.717, 1.165) is 10.9 Å². The van der Waals surface area contributed by atoms with E-state index in [1.807, 2.05) is 74.5 Å². The molecule has 4 aromatic rings. The Bertz CT molecular complexity index is 1360. The predicted octanol–water partition coefficient (Wildman–Crippen LogP) is 5.31. The summed E-state index contributed by atoms with van der Waals surface area (Å²) in [5, 5.41) is 1.49. The minimum atomic E-state index is -3.92. The van der Waals surface area contributed by atoms with Gasteiger partial charge in [0.1, 0.15) is 5.76 Å². The number of hydrogen-bond acceptors (Lipinski definition) is 4. The van der Waals surface area contributed by atoms with E-state index in [1.165, 1.54) is 4.31 Å². The van der Waals surface area contributed by atoms with Crippen LogP contribution in [0.25, 0.3) is 10.8 Å². The molecule has 0 unspecified atom stereocenters. The van der Waals surface area contributed by atoms with Crippen LogP contribution >= 0.6 is 0 Å². The molecule has 1 heterocycles. The van der Waals surface area contributed by atoms with Crippen LogP contribution in [0.2, 0.25) is 0 Å². The molecule has 0 aliphatic carbocycles. The fourth-order valence-corrected chi connectivity index (χ4v) is 5.86. The summed E-state index contributed by atoms with van der Waals surface area (Å²) in [5.41, 5.74) is 0.958. The lowest BCUT2D eigenvalue weighted by Crippen LogP contribution is -2.43. The van der Waals surface area contributed by atoms with Crippen molar-refractivity contribution in [1.29, 1.82) is 0 Å². The van der Waals surface area contributed by atoms with Gasteiger partial charge in [0.25, 0.3) is 0 Å². The molecule has 4 rings (SSSR count). The number of sulfonamides is 1. The van der Waals surface area contributed by atoms with Crippen molar-refractivity contribution >= 4 is 26.7 Å². The van der Waals surface area contributed by atoms with E-state index in [0.29, 0.717) is 17.7 Å². The first kappa shape index (κ1) is 24.7. The van der Waals surface area contributed by atoms with E-state index in [4.69, 9.17) is 4.42 Å². The molecule has 0 spiro atoms. The number of amides is 1. The molecule has 1 amide bonds. The summed E-state index contributed by atoms with van der Waals surface area (Å²) in [6.07, 6.45) is 1.57. The second-order valence-corrected chi connectivity index (χ2v) is 10.9. The van der Waals surface area contributed by atoms with Gasteiger partial charge in [0, 0.05) is 18.5 Å². The van der Waals surface area contributed by atoms with Crippen molar-refractivity contribution < 1.29 is 17.6 Å². The number of benzene rings is 3. The Morgan fingerprint density at radius 1 is 0.857 bits per heavy atom.